The lowest BCUT2D eigenvalue weighted by Crippen LogP contribution is -2.05. The van der Waals surface area contributed by atoms with E-state index in [1.807, 2.05) is 91.1 Å². The Hall–Kier alpha value is -5.24. The number of nitrogens with zero attached hydrogens (tertiary/aromatic N) is 4. The second kappa shape index (κ2) is 13.0. The minimum absolute atomic E-state index is 0. The van der Waals surface area contributed by atoms with Gasteiger partial charge in [-0.15, -0.1) is 0 Å². The molecular formula is C32H32N4O4. The van der Waals surface area contributed by atoms with E-state index in [2.05, 4.69) is 10.2 Å². The molecule has 8 heteroatoms. The van der Waals surface area contributed by atoms with Gasteiger partial charge in [0, 0.05) is 23.5 Å². The number of ether oxygens (including phenoxy) is 1. The van der Waals surface area contributed by atoms with Crippen molar-refractivity contribution in [3.63, 3.8) is 0 Å². The van der Waals surface area contributed by atoms with Gasteiger partial charge in [0.05, 0.1) is 17.6 Å². The van der Waals surface area contributed by atoms with Crippen molar-refractivity contribution >= 4 is 23.0 Å². The monoisotopic (exact) mass is 536 g/mol. The van der Waals surface area contributed by atoms with Gasteiger partial charge in [-0.05, 0) is 31.2 Å². The highest BCUT2D eigenvalue weighted by atomic mass is 16.5. The summed E-state index contributed by atoms with van der Waals surface area (Å²) in [5.41, 5.74) is 4.96. The average molecular weight is 537 g/mol. The van der Waals surface area contributed by atoms with Crippen molar-refractivity contribution in [2.45, 2.75) is 21.8 Å². The smallest absolute Gasteiger partial charge is 0.342 e. The lowest BCUT2D eigenvalue weighted by molar-refractivity contribution is 0.0529. The highest BCUT2D eigenvalue weighted by molar-refractivity contribution is 6.03. The van der Waals surface area contributed by atoms with Crippen LogP contribution < -0.4 is 0 Å². The van der Waals surface area contributed by atoms with Gasteiger partial charge >= 0.3 is 11.9 Å². The third kappa shape index (κ3) is 5.76. The summed E-state index contributed by atoms with van der Waals surface area (Å²) in [5.74, 6) is -1.30. The fourth-order valence-corrected chi connectivity index (χ4v) is 4.21. The van der Waals surface area contributed by atoms with Gasteiger partial charge in [0.15, 0.2) is 0 Å². The molecule has 8 nitrogen and oxygen atoms in total. The summed E-state index contributed by atoms with van der Waals surface area (Å²) in [6.45, 7) is 2.14. The molecule has 6 rings (SSSR count). The van der Waals surface area contributed by atoms with E-state index in [9.17, 15) is 14.7 Å². The van der Waals surface area contributed by atoms with E-state index in [1.54, 1.807) is 34.3 Å². The lowest BCUT2D eigenvalue weighted by Gasteiger charge is -2.03. The van der Waals surface area contributed by atoms with Crippen LogP contribution in [0.15, 0.2) is 109 Å². The van der Waals surface area contributed by atoms with Crippen molar-refractivity contribution in [3.05, 3.63) is 121 Å². The summed E-state index contributed by atoms with van der Waals surface area (Å²) in [4.78, 5) is 23.7. The van der Waals surface area contributed by atoms with Crippen LogP contribution in [0.25, 0.3) is 33.5 Å². The Labute approximate surface area is 233 Å². The van der Waals surface area contributed by atoms with Crippen molar-refractivity contribution < 1.29 is 19.4 Å². The van der Waals surface area contributed by atoms with Gasteiger partial charge in [-0.3, -0.25) is 0 Å². The molecule has 204 valence electrons. The van der Waals surface area contributed by atoms with Gasteiger partial charge in [0.1, 0.15) is 22.5 Å². The molecule has 0 bridgehead atoms. The Kier molecular flexibility index (Phi) is 9.54. The zero-order valence-electron chi connectivity index (χ0n) is 20.6. The predicted molar refractivity (Wildman–Crippen MR) is 158 cm³/mol. The Morgan fingerprint density at radius 3 is 1.55 bits per heavy atom. The van der Waals surface area contributed by atoms with Gasteiger partial charge in [0.2, 0.25) is 0 Å². The number of aromatic carboxylic acids is 1. The molecule has 1 N–H and O–H groups in total. The van der Waals surface area contributed by atoms with Crippen molar-refractivity contribution in [1.82, 2.24) is 19.2 Å². The number of carbonyl (C=O) groups excluding carboxylic acids is 1. The molecule has 0 saturated carbocycles. The first-order chi connectivity index (χ1) is 18.6. The van der Waals surface area contributed by atoms with E-state index in [1.165, 1.54) is 0 Å². The van der Waals surface area contributed by atoms with Crippen molar-refractivity contribution in [2.24, 2.45) is 0 Å². The number of rotatable bonds is 5. The van der Waals surface area contributed by atoms with Gasteiger partial charge in [-0.25, -0.2) is 18.6 Å². The zero-order chi connectivity index (χ0) is 26.5. The van der Waals surface area contributed by atoms with Gasteiger partial charge in [-0.1, -0.05) is 87.6 Å². The van der Waals surface area contributed by atoms with E-state index in [-0.39, 0.29) is 26.4 Å². The Morgan fingerprint density at radius 1 is 0.675 bits per heavy atom. The Morgan fingerprint density at radius 2 is 1.10 bits per heavy atom. The minimum atomic E-state index is -0.963. The number of hydrogen-bond acceptors (Lipinski definition) is 5. The second-order valence-corrected chi connectivity index (χ2v) is 8.27. The number of carbonyl (C=O) groups is 2. The number of hydrogen-bond donors (Lipinski definition) is 1. The molecule has 2 aromatic carbocycles. The van der Waals surface area contributed by atoms with E-state index < -0.39 is 5.97 Å². The SMILES string of the molecule is C.C.CCOC(=O)c1c(-c2ccccc2)nn2ccccc12.O=C(O)c1c(-c2ccccc2)nn2ccccc12. The summed E-state index contributed by atoms with van der Waals surface area (Å²) in [7, 11) is 0. The second-order valence-electron chi connectivity index (χ2n) is 8.27. The maximum absolute atomic E-state index is 12.2. The molecule has 0 fully saturated rings. The summed E-state index contributed by atoms with van der Waals surface area (Å²) >= 11 is 0. The summed E-state index contributed by atoms with van der Waals surface area (Å²) in [6, 6.07) is 30.0. The number of fused-ring (bicyclic) bond motifs is 2. The van der Waals surface area contributed by atoms with E-state index >= 15 is 0 Å². The highest BCUT2D eigenvalue weighted by Crippen LogP contribution is 2.27. The topological polar surface area (TPSA) is 98.2 Å². The van der Waals surface area contributed by atoms with Crippen LogP contribution in [0.1, 0.15) is 42.5 Å². The Bertz CT molecular complexity index is 1720. The third-order valence-electron chi connectivity index (χ3n) is 5.87. The quantitative estimate of drug-likeness (QED) is 0.235. The average Bonchev–Trinajstić information content (AvgIpc) is 3.54. The van der Waals surface area contributed by atoms with Crippen molar-refractivity contribution in [2.75, 3.05) is 6.61 Å². The van der Waals surface area contributed by atoms with Crippen LogP contribution in [0.5, 0.6) is 0 Å². The normalized spacial score (nSPS) is 10.1. The number of carboxylic acids is 1. The standard InChI is InChI=1S/C16H14N2O2.C14H10N2O2.2CH4/c1-2-20-16(19)14-13-10-6-7-11-18(13)17-15(14)12-8-4-3-5-9-12;17-14(18)12-11-8-4-5-9-16(11)15-13(12)10-6-2-1-3-7-10;;/h3-11H,2H2,1H3;1-9H,(H,17,18);2*1H4. The molecule has 0 atom stereocenters. The molecule has 0 unspecified atom stereocenters. The molecule has 0 aliphatic heterocycles. The molecule has 0 spiro atoms. The molecule has 6 aromatic rings. The van der Waals surface area contributed by atoms with Crippen LogP contribution in [0.3, 0.4) is 0 Å². The van der Waals surface area contributed by atoms with Crippen LogP contribution in [0.2, 0.25) is 0 Å². The molecule has 0 amide bonds. The molecule has 0 radical (unpaired) electrons. The van der Waals surface area contributed by atoms with Crippen LogP contribution in [-0.2, 0) is 4.74 Å². The number of pyridine rings is 2. The first-order valence-corrected chi connectivity index (χ1v) is 12.0. The summed E-state index contributed by atoms with van der Waals surface area (Å²) < 4.78 is 8.46. The summed E-state index contributed by atoms with van der Waals surface area (Å²) in [6.07, 6.45) is 3.57. The largest absolute Gasteiger partial charge is 0.478 e. The zero-order valence-corrected chi connectivity index (χ0v) is 20.6. The molecule has 4 aromatic heterocycles. The Balaban J connectivity index is 0.000000211. The first-order valence-electron chi connectivity index (χ1n) is 12.0. The van der Waals surface area contributed by atoms with Gasteiger partial charge in [-0.2, -0.15) is 10.2 Å². The maximum atomic E-state index is 12.2. The van der Waals surface area contributed by atoms with Gasteiger partial charge in [0.25, 0.3) is 0 Å². The first kappa shape index (κ1) is 29.3. The van der Waals surface area contributed by atoms with Crippen LogP contribution >= 0.6 is 0 Å². The number of benzene rings is 2. The number of carboxylic acid groups (broad SMARTS) is 1. The van der Waals surface area contributed by atoms with Crippen LogP contribution in [-0.4, -0.2) is 42.9 Å². The van der Waals surface area contributed by atoms with E-state index in [0.29, 0.717) is 29.1 Å². The molecule has 0 aliphatic rings. The van der Waals surface area contributed by atoms with Crippen LogP contribution in [0.4, 0.5) is 0 Å². The minimum Gasteiger partial charge on any atom is -0.478 e. The van der Waals surface area contributed by atoms with Crippen molar-refractivity contribution in [1.29, 1.82) is 0 Å². The fourth-order valence-electron chi connectivity index (χ4n) is 4.21. The molecule has 0 saturated heterocycles. The number of esters is 1. The molecule has 4 heterocycles. The highest BCUT2D eigenvalue weighted by Gasteiger charge is 2.22. The molecule has 0 aliphatic carbocycles. The van der Waals surface area contributed by atoms with Crippen LogP contribution in [0, 0.1) is 0 Å². The molecular weight excluding hydrogens is 504 g/mol. The van der Waals surface area contributed by atoms with Gasteiger partial charge < -0.3 is 9.84 Å². The fraction of sp³-hybridized carbons (Fsp3) is 0.125. The third-order valence-corrected chi connectivity index (χ3v) is 5.87. The number of aromatic nitrogens is 4. The predicted octanol–water partition coefficient (Wildman–Crippen LogP) is 7.15. The summed E-state index contributed by atoms with van der Waals surface area (Å²) in [5, 5.41) is 18.2. The molecule has 40 heavy (non-hydrogen) atoms. The maximum Gasteiger partial charge on any atom is 0.342 e. The lowest BCUT2D eigenvalue weighted by atomic mass is 10.1. The van der Waals surface area contributed by atoms with E-state index in [0.717, 1.165) is 16.6 Å². The van der Waals surface area contributed by atoms with Crippen molar-refractivity contribution in [3.8, 4) is 22.5 Å². The van der Waals surface area contributed by atoms with E-state index in [4.69, 9.17) is 4.74 Å².